The van der Waals surface area contributed by atoms with Crippen molar-refractivity contribution in [3.63, 3.8) is 0 Å². The third-order valence-electron chi connectivity index (χ3n) is 8.11. The van der Waals surface area contributed by atoms with E-state index in [0.29, 0.717) is 0 Å². The number of ether oxygens (including phenoxy) is 1. The van der Waals surface area contributed by atoms with Gasteiger partial charge in [0, 0.05) is 28.1 Å². The largest absolute Gasteiger partial charge is 0.457 e. The van der Waals surface area contributed by atoms with Gasteiger partial charge in [-0.3, -0.25) is 0 Å². The number of fused-ring (bicyclic) bond motifs is 9. The molecule has 0 amide bonds. The van der Waals surface area contributed by atoms with Gasteiger partial charge in [0.15, 0.2) is 0 Å². The minimum Gasteiger partial charge on any atom is -0.457 e. The molecule has 1 spiro atoms. The third-order valence-corrected chi connectivity index (χ3v) is 8.11. The number of benzene rings is 6. The molecule has 0 unspecified atom stereocenters. The molecule has 0 fully saturated rings. The van der Waals surface area contributed by atoms with Crippen molar-refractivity contribution in [3.05, 3.63) is 174 Å². The molecule has 0 saturated heterocycles. The van der Waals surface area contributed by atoms with Crippen LogP contribution in [0.1, 0.15) is 22.3 Å². The molecule has 39 heavy (non-hydrogen) atoms. The third kappa shape index (κ3) is 3.03. The van der Waals surface area contributed by atoms with Crippen LogP contribution in [-0.2, 0) is 5.41 Å². The van der Waals surface area contributed by atoms with E-state index in [1.54, 1.807) is 0 Å². The SMILES string of the molecule is c1ccc(N(c2ccccc2)c2cccc3c2C2(c4ccccc4Oc4ccccc42)c2ccccc2-3)cc1. The van der Waals surface area contributed by atoms with Crippen molar-refractivity contribution in [2.45, 2.75) is 5.41 Å². The maximum Gasteiger partial charge on any atom is 0.132 e. The second-order valence-electron chi connectivity index (χ2n) is 10.1. The lowest BCUT2D eigenvalue weighted by Crippen LogP contribution is -2.33. The molecule has 1 aliphatic heterocycles. The molecule has 0 aromatic heterocycles. The summed E-state index contributed by atoms with van der Waals surface area (Å²) in [5.74, 6) is 1.80. The lowest BCUT2D eigenvalue weighted by atomic mass is 9.65. The zero-order chi connectivity index (χ0) is 25.8. The fraction of sp³-hybridized carbons (Fsp3) is 0.0270. The van der Waals surface area contributed by atoms with Crippen LogP contribution in [0.2, 0.25) is 0 Å². The van der Waals surface area contributed by atoms with Gasteiger partial charge in [-0.2, -0.15) is 0 Å². The number of hydrogen-bond acceptors (Lipinski definition) is 2. The molecule has 8 rings (SSSR count). The Labute approximate surface area is 228 Å². The van der Waals surface area contributed by atoms with Crippen LogP contribution in [-0.4, -0.2) is 0 Å². The van der Waals surface area contributed by atoms with E-state index in [1.165, 1.54) is 33.4 Å². The number of nitrogens with zero attached hydrogens (tertiary/aromatic N) is 1. The van der Waals surface area contributed by atoms with Crippen molar-refractivity contribution < 1.29 is 4.74 Å². The summed E-state index contributed by atoms with van der Waals surface area (Å²) in [6.45, 7) is 0. The summed E-state index contributed by atoms with van der Waals surface area (Å²) in [6, 6.07) is 54.0. The van der Waals surface area contributed by atoms with Crippen LogP contribution in [0.25, 0.3) is 11.1 Å². The van der Waals surface area contributed by atoms with Gasteiger partial charge in [0.05, 0.1) is 11.1 Å². The van der Waals surface area contributed by atoms with Gasteiger partial charge in [0.2, 0.25) is 0 Å². The Morgan fingerprint density at radius 3 is 1.51 bits per heavy atom. The predicted octanol–water partition coefficient (Wildman–Crippen LogP) is 9.63. The molecule has 0 saturated carbocycles. The van der Waals surface area contributed by atoms with Crippen molar-refractivity contribution in [1.29, 1.82) is 0 Å². The lowest BCUT2D eigenvalue weighted by Gasteiger charge is -2.41. The van der Waals surface area contributed by atoms with E-state index in [0.717, 1.165) is 28.6 Å². The standard InChI is InChI=1S/C37H25NO/c1-3-14-26(15-4-1)38(27-16-5-2-6-17-27)33-23-13-19-29-28-18-7-8-20-30(28)37(36(29)33)31-21-9-11-24-34(31)39-35-25-12-10-22-32(35)37/h1-25H. The highest BCUT2D eigenvalue weighted by molar-refractivity contribution is 5.95. The smallest absolute Gasteiger partial charge is 0.132 e. The van der Waals surface area contributed by atoms with Gasteiger partial charge in [-0.25, -0.2) is 0 Å². The van der Waals surface area contributed by atoms with Crippen LogP contribution < -0.4 is 9.64 Å². The van der Waals surface area contributed by atoms with E-state index in [-0.39, 0.29) is 0 Å². The highest BCUT2D eigenvalue weighted by Gasteiger charge is 2.52. The molecular weight excluding hydrogens is 474 g/mol. The van der Waals surface area contributed by atoms with Gasteiger partial charge in [-0.15, -0.1) is 0 Å². The molecule has 1 aliphatic carbocycles. The molecule has 2 nitrogen and oxygen atoms in total. The second kappa shape index (κ2) is 8.47. The Kier molecular flexibility index (Phi) is 4.77. The minimum absolute atomic E-state index is 0.532. The van der Waals surface area contributed by atoms with Crippen LogP contribution >= 0.6 is 0 Å². The van der Waals surface area contributed by atoms with Gasteiger partial charge in [0.1, 0.15) is 11.5 Å². The topological polar surface area (TPSA) is 12.5 Å². The molecule has 2 aliphatic rings. The molecular formula is C37H25NO. The highest BCUT2D eigenvalue weighted by atomic mass is 16.5. The summed E-state index contributed by atoms with van der Waals surface area (Å²) < 4.78 is 6.55. The number of hydrogen-bond donors (Lipinski definition) is 0. The van der Waals surface area contributed by atoms with Crippen LogP contribution in [0, 0.1) is 0 Å². The first-order chi connectivity index (χ1) is 19.4. The summed E-state index contributed by atoms with van der Waals surface area (Å²) in [6.07, 6.45) is 0. The van der Waals surface area contributed by atoms with Crippen LogP contribution in [0.3, 0.4) is 0 Å². The summed E-state index contributed by atoms with van der Waals surface area (Å²) in [5, 5.41) is 0. The van der Waals surface area contributed by atoms with Crippen molar-refractivity contribution in [3.8, 4) is 22.6 Å². The first-order valence-corrected chi connectivity index (χ1v) is 13.4. The molecule has 6 aromatic rings. The van der Waals surface area contributed by atoms with Crippen molar-refractivity contribution >= 4 is 17.1 Å². The average Bonchev–Trinajstić information content (AvgIpc) is 3.30. The first kappa shape index (κ1) is 22.0. The Bertz CT molecular complexity index is 1760. The van der Waals surface area contributed by atoms with Gasteiger partial charge >= 0.3 is 0 Å². The zero-order valence-electron chi connectivity index (χ0n) is 21.3. The molecule has 0 bridgehead atoms. The monoisotopic (exact) mass is 499 g/mol. The van der Waals surface area contributed by atoms with Gasteiger partial charge in [0.25, 0.3) is 0 Å². The van der Waals surface area contributed by atoms with Gasteiger partial charge in [-0.05, 0) is 59.2 Å². The molecule has 0 atom stereocenters. The number of para-hydroxylation sites is 4. The zero-order valence-corrected chi connectivity index (χ0v) is 21.3. The molecule has 0 radical (unpaired) electrons. The van der Waals surface area contributed by atoms with E-state index < -0.39 is 5.41 Å². The van der Waals surface area contributed by atoms with Crippen molar-refractivity contribution in [2.24, 2.45) is 0 Å². The normalized spacial score (nSPS) is 13.5. The van der Waals surface area contributed by atoms with Gasteiger partial charge < -0.3 is 9.64 Å². The van der Waals surface area contributed by atoms with Crippen molar-refractivity contribution in [1.82, 2.24) is 0 Å². The first-order valence-electron chi connectivity index (χ1n) is 13.4. The minimum atomic E-state index is -0.532. The molecule has 1 heterocycles. The molecule has 2 heteroatoms. The maximum atomic E-state index is 6.55. The highest BCUT2D eigenvalue weighted by Crippen LogP contribution is 2.64. The summed E-state index contributed by atoms with van der Waals surface area (Å²) >= 11 is 0. The van der Waals surface area contributed by atoms with E-state index in [2.05, 4.69) is 157 Å². The van der Waals surface area contributed by atoms with Crippen LogP contribution in [0.15, 0.2) is 152 Å². The van der Waals surface area contributed by atoms with E-state index >= 15 is 0 Å². The summed E-state index contributed by atoms with van der Waals surface area (Å²) in [5.41, 5.74) is 10.3. The Morgan fingerprint density at radius 2 is 0.897 bits per heavy atom. The Morgan fingerprint density at radius 1 is 0.410 bits per heavy atom. The molecule has 184 valence electrons. The van der Waals surface area contributed by atoms with Crippen LogP contribution in [0.5, 0.6) is 11.5 Å². The summed E-state index contributed by atoms with van der Waals surface area (Å²) in [7, 11) is 0. The number of anilines is 3. The Hall–Kier alpha value is -5.08. The lowest BCUT2D eigenvalue weighted by molar-refractivity contribution is 0.436. The average molecular weight is 500 g/mol. The maximum absolute atomic E-state index is 6.55. The predicted molar refractivity (Wildman–Crippen MR) is 159 cm³/mol. The number of rotatable bonds is 3. The van der Waals surface area contributed by atoms with E-state index in [4.69, 9.17) is 4.74 Å². The second-order valence-corrected chi connectivity index (χ2v) is 10.1. The Balaban J connectivity index is 1.55. The fourth-order valence-electron chi connectivity index (χ4n) is 6.66. The molecule has 0 N–H and O–H groups in total. The van der Waals surface area contributed by atoms with Crippen molar-refractivity contribution in [2.75, 3.05) is 4.90 Å². The van der Waals surface area contributed by atoms with E-state index in [1.807, 2.05) is 0 Å². The fourth-order valence-corrected chi connectivity index (χ4v) is 6.66. The molecule has 6 aromatic carbocycles. The van der Waals surface area contributed by atoms with E-state index in [9.17, 15) is 0 Å². The summed E-state index contributed by atoms with van der Waals surface area (Å²) in [4.78, 5) is 2.40. The quantitative estimate of drug-likeness (QED) is 0.240. The van der Waals surface area contributed by atoms with Gasteiger partial charge in [-0.1, -0.05) is 109 Å². The van der Waals surface area contributed by atoms with Crippen LogP contribution in [0.4, 0.5) is 17.1 Å².